The van der Waals surface area contributed by atoms with Crippen molar-refractivity contribution in [3.63, 3.8) is 0 Å². The zero-order valence-electron chi connectivity index (χ0n) is 16.8. The van der Waals surface area contributed by atoms with Gasteiger partial charge in [-0.25, -0.2) is 0 Å². The summed E-state index contributed by atoms with van der Waals surface area (Å²) in [6.45, 7) is 1.41. The maximum Gasteiger partial charge on any atom is 0.259 e. The summed E-state index contributed by atoms with van der Waals surface area (Å²) < 4.78 is 7.67. The Balaban J connectivity index is 1.91. The Morgan fingerprint density at radius 3 is 2.63 bits per heavy atom. The van der Waals surface area contributed by atoms with Gasteiger partial charge in [0.25, 0.3) is 5.91 Å². The fraction of sp³-hybridized carbons (Fsp3) is 0.400. The number of guanidine groups is 1. The van der Waals surface area contributed by atoms with Gasteiger partial charge in [0.1, 0.15) is 5.75 Å². The number of aromatic nitrogens is 1. The third-order valence-electron chi connectivity index (χ3n) is 4.23. The summed E-state index contributed by atoms with van der Waals surface area (Å²) in [5.41, 5.74) is 2.26. The Labute approximate surface area is 161 Å². The Bertz CT molecular complexity index is 782. The van der Waals surface area contributed by atoms with Gasteiger partial charge in [0, 0.05) is 53.7 Å². The minimum absolute atomic E-state index is 0.0327. The SMILES string of the molecule is CN=C(NCc1cccc(OCC(=O)N(C)C)c1)N(C)Cc1cccn1C. The molecule has 0 saturated heterocycles. The first kappa shape index (κ1) is 20.4. The van der Waals surface area contributed by atoms with Crippen molar-refractivity contribution >= 4 is 11.9 Å². The summed E-state index contributed by atoms with van der Waals surface area (Å²) in [7, 11) is 9.24. The van der Waals surface area contributed by atoms with Crippen molar-refractivity contribution < 1.29 is 9.53 Å². The second-order valence-electron chi connectivity index (χ2n) is 6.59. The van der Waals surface area contributed by atoms with E-state index < -0.39 is 0 Å². The zero-order chi connectivity index (χ0) is 19.8. The molecule has 2 rings (SSSR count). The van der Waals surface area contributed by atoms with Crippen molar-refractivity contribution in [2.24, 2.45) is 12.0 Å². The molecule has 0 spiro atoms. The minimum atomic E-state index is -0.0683. The molecular formula is C20H29N5O2. The molecule has 0 atom stereocenters. The molecular weight excluding hydrogens is 342 g/mol. The van der Waals surface area contributed by atoms with Crippen LogP contribution < -0.4 is 10.1 Å². The van der Waals surface area contributed by atoms with E-state index in [9.17, 15) is 4.79 Å². The molecule has 1 amide bonds. The smallest absolute Gasteiger partial charge is 0.259 e. The highest BCUT2D eigenvalue weighted by molar-refractivity contribution is 5.79. The summed E-state index contributed by atoms with van der Waals surface area (Å²) in [4.78, 5) is 19.6. The van der Waals surface area contributed by atoms with Crippen LogP contribution in [0.5, 0.6) is 5.75 Å². The van der Waals surface area contributed by atoms with Gasteiger partial charge in [-0.2, -0.15) is 0 Å². The lowest BCUT2D eigenvalue weighted by molar-refractivity contribution is -0.130. The number of carbonyl (C=O) groups is 1. The largest absolute Gasteiger partial charge is 0.484 e. The fourth-order valence-electron chi connectivity index (χ4n) is 2.56. The van der Waals surface area contributed by atoms with Gasteiger partial charge in [0.15, 0.2) is 12.6 Å². The van der Waals surface area contributed by atoms with Crippen LogP contribution >= 0.6 is 0 Å². The van der Waals surface area contributed by atoms with Crippen LogP contribution in [0, 0.1) is 0 Å². The van der Waals surface area contributed by atoms with E-state index in [2.05, 4.69) is 25.8 Å². The monoisotopic (exact) mass is 371 g/mol. The predicted octanol–water partition coefficient (Wildman–Crippen LogP) is 1.70. The quantitative estimate of drug-likeness (QED) is 0.594. The molecule has 7 nitrogen and oxygen atoms in total. The summed E-state index contributed by atoms with van der Waals surface area (Å²) in [5, 5.41) is 3.36. The van der Waals surface area contributed by atoms with Crippen LogP contribution in [0.2, 0.25) is 0 Å². The summed E-state index contributed by atoms with van der Waals surface area (Å²) in [6.07, 6.45) is 2.03. The van der Waals surface area contributed by atoms with E-state index in [0.29, 0.717) is 12.3 Å². The molecule has 0 aliphatic heterocycles. The van der Waals surface area contributed by atoms with Crippen LogP contribution in [0.3, 0.4) is 0 Å². The Morgan fingerprint density at radius 2 is 2.00 bits per heavy atom. The average molecular weight is 371 g/mol. The lowest BCUT2D eigenvalue weighted by Crippen LogP contribution is -2.38. The predicted molar refractivity (Wildman–Crippen MR) is 108 cm³/mol. The van der Waals surface area contributed by atoms with Gasteiger partial charge < -0.3 is 24.4 Å². The molecule has 0 unspecified atom stereocenters. The van der Waals surface area contributed by atoms with Crippen LogP contribution in [0.4, 0.5) is 0 Å². The number of aryl methyl sites for hydroxylation is 1. The molecule has 1 aromatic heterocycles. The van der Waals surface area contributed by atoms with E-state index in [1.165, 1.54) is 10.6 Å². The Morgan fingerprint density at radius 1 is 1.22 bits per heavy atom. The molecule has 0 saturated carbocycles. The topological polar surface area (TPSA) is 62.1 Å². The Kier molecular flexibility index (Phi) is 7.28. The minimum Gasteiger partial charge on any atom is -0.484 e. The van der Waals surface area contributed by atoms with Gasteiger partial charge in [-0.15, -0.1) is 0 Å². The normalized spacial score (nSPS) is 11.2. The second kappa shape index (κ2) is 9.66. The number of nitrogens with zero attached hydrogens (tertiary/aromatic N) is 4. The third kappa shape index (κ3) is 6.06. The van der Waals surface area contributed by atoms with Crippen LogP contribution in [-0.2, 0) is 24.9 Å². The van der Waals surface area contributed by atoms with Gasteiger partial charge in [-0.3, -0.25) is 9.79 Å². The number of nitrogens with one attached hydrogen (secondary N) is 1. The number of carbonyl (C=O) groups excluding carboxylic acids is 1. The third-order valence-corrected chi connectivity index (χ3v) is 4.23. The van der Waals surface area contributed by atoms with Gasteiger partial charge >= 0.3 is 0 Å². The van der Waals surface area contributed by atoms with Crippen molar-refractivity contribution in [3.05, 3.63) is 53.9 Å². The highest BCUT2D eigenvalue weighted by Gasteiger charge is 2.09. The molecule has 1 N–H and O–H groups in total. The first-order chi connectivity index (χ1) is 12.9. The molecule has 1 aromatic carbocycles. The first-order valence-corrected chi connectivity index (χ1v) is 8.84. The van der Waals surface area contributed by atoms with Gasteiger partial charge in [-0.1, -0.05) is 12.1 Å². The van der Waals surface area contributed by atoms with Crippen LogP contribution in [0.1, 0.15) is 11.3 Å². The molecule has 0 bridgehead atoms. The van der Waals surface area contributed by atoms with Gasteiger partial charge in [0.05, 0.1) is 6.54 Å². The maximum absolute atomic E-state index is 11.6. The number of hydrogen-bond acceptors (Lipinski definition) is 3. The number of ether oxygens (including phenoxy) is 1. The van der Waals surface area contributed by atoms with Crippen molar-refractivity contribution in [2.45, 2.75) is 13.1 Å². The zero-order valence-corrected chi connectivity index (χ0v) is 16.8. The summed E-state index contributed by atoms with van der Waals surface area (Å²) in [6, 6.07) is 11.8. The van der Waals surface area contributed by atoms with Crippen molar-refractivity contribution in [2.75, 3.05) is 34.8 Å². The van der Waals surface area contributed by atoms with Crippen LogP contribution in [0.15, 0.2) is 47.6 Å². The van der Waals surface area contributed by atoms with E-state index >= 15 is 0 Å². The molecule has 146 valence electrons. The van der Waals surface area contributed by atoms with Crippen molar-refractivity contribution in [1.29, 1.82) is 0 Å². The number of hydrogen-bond donors (Lipinski definition) is 1. The first-order valence-electron chi connectivity index (χ1n) is 8.84. The van der Waals surface area contributed by atoms with Crippen molar-refractivity contribution in [1.82, 2.24) is 19.7 Å². The number of rotatable bonds is 7. The van der Waals surface area contributed by atoms with Gasteiger partial charge in [-0.05, 0) is 29.8 Å². The van der Waals surface area contributed by atoms with Crippen LogP contribution in [-0.4, -0.2) is 61.0 Å². The standard InChI is InChI=1S/C20H29N5O2/c1-21-20(25(5)14-17-9-7-11-24(17)4)22-13-16-8-6-10-18(12-16)27-15-19(26)23(2)3/h6-12H,13-15H2,1-5H3,(H,21,22). The number of aliphatic imine (C=N–C) groups is 1. The van der Waals surface area contributed by atoms with Crippen LogP contribution in [0.25, 0.3) is 0 Å². The highest BCUT2D eigenvalue weighted by atomic mass is 16.5. The molecule has 0 aliphatic carbocycles. The van der Waals surface area contributed by atoms with E-state index in [1.807, 2.05) is 50.6 Å². The number of amides is 1. The highest BCUT2D eigenvalue weighted by Crippen LogP contribution is 2.13. The van der Waals surface area contributed by atoms with Crippen molar-refractivity contribution in [3.8, 4) is 5.75 Å². The van der Waals surface area contributed by atoms with E-state index in [1.54, 1.807) is 21.1 Å². The summed E-state index contributed by atoms with van der Waals surface area (Å²) in [5.74, 6) is 1.42. The molecule has 1 heterocycles. The second-order valence-corrected chi connectivity index (χ2v) is 6.59. The van der Waals surface area contributed by atoms with Gasteiger partial charge in [0.2, 0.25) is 0 Å². The maximum atomic E-state index is 11.6. The van der Waals surface area contributed by atoms with E-state index in [0.717, 1.165) is 18.1 Å². The van der Waals surface area contributed by atoms with E-state index in [4.69, 9.17) is 4.74 Å². The molecule has 7 heteroatoms. The van der Waals surface area contributed by atoms with E-state index in [-0.39, 0.29) is 12.5 Å². The summed E-state index contributed by atoms with van der Waals surface area (Å²) >= 11 is 0. The molecule has 2 aromatic rings. The molecule has 0 radical (unpaired) electrons. The lowest BCUT2D eigenvalue weighted by atomic mass is 10.2. The number of benzene rings is 1. The molecule has 0 aliphatic rings. The average Bonchev–Trinajstić information content (AvgIpc) is 3.05. The number of likely N-dealkylation sites (N-methyl/N-ethyl adjacent to an activating group) is 1. The lowest BCUT2D eigenvalue weighted by Gasteiger charge is -2.22. The molecule has 0 fully saturated rings. The Hall–Kier alpha value is -2.96. The molecule has 27 heavy (non-hydrogen) atoms. The fourth-order valence-corrected chi connectivity index (χ4v) is 2.56.